The molecule has 0 saturated carbocycles. The van der Waals surface area contributed by atoms with E-state index in [1.165, 1.54) is 6.42 Å². The molecule has 1 aliphatic rings. The molecule has 1 saturated heterocycles. The van der Waals surface area contributed by atoms with Gasteiger partial charge in [0.2, 0.25) is 0 Å². The van der Waals surface area contributed by atoms with Crippen molar-refractivity contribution in [1.29, 1.82) is 0 Å². The highest BCUT2D eigenvalue weighted by Crippen LogP contribution is 2.39. The van der Waals surface area contributed by atoms with Gasteiger partial charge < -0.3 is 19.7 Å². The van der Waals surface area contributed by atoms with Gasteiger partial charge in [0.1, 0.15) is 11.5 Å². The zero-order valence-electron chi connectivity index (χ0n) is 13.3. The van der Waals surface area contributed by atoms with Crippen molar-refractivity contribution in [2.75, 3.05) is 38.8 Å². The van der Waals surface area contributed by atoms with Crippen LogP contribution in [-0.2, 0) is 0 Å². The quantitative estimate of drug-likeness (QED) is 0.875. The highest BCUT2D eigenvalue weighted by molar-refractivity contribution is 6.32. The smallest absolute Gasteiger partial charge is 0.145 e. The Bertz CT molecular complexity index is 480. The van der Waals surface area contributed by atoms with Crippen LogP contribution in [0.25, 0.3) is 0 Å². The van der Waals surface area contributed by atoms with E-state index in [0.717, 1.165) is 31.1 Å². The molecule has 1 aliphatic heterocycles. The van der Waals surface area contributed by atoms with Gasteiger partial charge in [0.25, 0.3) is 0 Å². The van der Waals surface area contributed by atoms with E-state index in [-0.39, 0.29) is 0 Å². The summed E-state index contributed by atoms with van der Waals surface area (Å²) in [6, 6.07) is 4.33. The lowest BCUT2D eigenvalue weighted by Crippen LogP contribution is -2.30. The molecular formula is C16H25ClN2O2. The Morgan fingerprint density at radius 2 is 2.00 bits per heavy atom. The first kappa shape index (κ1) is 16.2. The van der Waals surface area contributed by atoms with Gasteiger partial charge in [-0.25, -0.2) is 0 Å². The van der Waals surface area contributed by atoms with Crippen LogP contribution in [0.2, 0.25) is 5.02 Å². The first-order valence-corrected chi connectivity index (χ1v) is 7.82. The fourth-order valence-electron chi connectivity index (χ4n) is 2.71. The molecule has 0 amide bonds. The molecule has 1 aromatic rings. The highest BCUT2D eigenvalue weighted by atomic mass is 35.5. The lowest BCUT2D eigenvalue weighted by atomic mass is 10.1. The molecule has 1 fully saturated rings. The Balaban J connectivity index is 2.10. The van der Waals surface area contributed by atoms with Crippen LogP contribution in [0, 0.1) is 5.92 Å². The first-order chi connectivity index (χ1) is 10.0. The van der Waals surface area contributed by atoms with Crippen molar-refractivity contribution in [2.24, 2.45) is 5.92 Å². The lowest BCUT2D eigenvalue weighted by Gasteiger charge is -2.22. The average molecular weight is 313 g/mol. The molecule has 1 unspecified atom stereocenters. The lowest BCUT2D eigenvalue weighted by molar-refractivity contribution is 0.394. The van der Waals surface area contributed by atoms with Crippen molar-refractivity contribution in [3.8, 4) is 11.5 Å². The second kappa shape index (κ2) is 7.23. The van der Waals surface area contributed by atoms with E-state index in [2.05, 4.69) is 24.1 Å². The molecule has 1 aromatic carbocycles. The SMILES string of the molecule is COc1cc(OC)c(N2CCC(CNC(C)C)C2)cc1Cl. The van der Waals surface area contributed by atoms with Gasteiger partial charge in [-0.2, -0.15) is 0 Å². The predicted molar refractivity (Wildman–Crippen MR) is 88.0 cm³/mol. The van der Waals surface area contributed by atoms with Gasteiger partial charge in [-0.1, -0.05) is 25.4 Å². The van der Waals surface area contributed by atoms with Crippen molar-refractivity contribution in [3.05, 3.63) is 17.2 Å². The number of hydrogen-bond acceptors (Lipinski definition) is 4. The van der Waals surface area contributed by atoms with Crippen molar-refractivity contribution in [2.45, 2.75) is 26.3 Å². The number of benzene rings is 1. The molecule has 0 aliphatic carbocycles. The molecule has 2 rings (SSSR count). The number of rotatable bonds is 6. The Kier molecular flexibility index (Phi) is 5.59. The van der Waals surface area contributed by atoms with Crippen LogP contribution in [0.15, 0.2) is 12.1 Å². The third kappa shape index (κ3) is 3.95. The van der Waals surface area contributed by atoms with Gasteiger partial charge >= 0.3 is 0 Å². The van der Waals surface area contributed by atoms with E-state index in [1.54, 1.807) is 14.2 Å². The van der Waals surface area contributed by atoms with Crippen LogP contribution in [0.3, 0.4) is 0 Å². The van der Waals surface area contributed by atoms with Gasteiger partial charge in [0.05, 0.1) is 24.9 Å². The number of ether oxygens (including phenoxy) is 2. The van der Waals surface area contributed by atoms with Gasteiger partial charge in [-0.15, -0.1) is 0 Å². The summed E-state index contributed by atoms with van der Waals surface area (Å²) in [7, 11) is 3.30. The second-order valence-electron chi connectivity index (χ2n) is 5.82. The second-order valence-corrected chi connectivity index (χ2v) is 6.23. The standard InChI is InChI=1S/C16H25ClN2O2/c1-11(2)18-9-12-5-6-19(10-12)14-7-13(17)15(20-3)8-16(14)21-4/h7-8,11-12,18H,5-6,9-10H2,1-4H3. The van der Waals surface area contributed by atoms with Gasteiger partial charge in [0, 0.05) is 25.2 Å². The van der Waals surface area contributed by atoms with Crippen molar-refractivity contribution < 1.29 is 9.47 Å². The van der Waals surface area contributed by atoms with Crippen LogP contribution < -0.4 is 19.7 Å². The average Bonchev–Trinajstić information content (AvgIpc) is 2.93. The molecular weight excluding hydrogens is 288 g/mol. The van der Waals surface area contributed by atoms with Crippen LogP contribution in [-0.4, -0.2) is 39.9 Å². The molecule has 0 bridgehead atoms. The minimum atomic E-state index is 0.531. The summed E-state index contributed by atoms with van der Waals surface area (Å²) in [5, 5.41) is 4.14. The van der Waals surface area contributed by atoms with Gasteiger partial charge in [-0.05, 0) is 24.9 Å². The number of methoxy groups -OCH3 is 2. The van der Waals surface area contributed by atoms with E-state index in [9.17, 15) is 0 Å². The van der Waals surface area contributed by atoms with E-state index in [4.69, 9.17) is 21.1 Å². The Hall–Kier alpha value is -1.13. The van der Waals surface area contributed by atoms with Crippen molar-refractivity contribution >= 4 is 17.3 Å². The normalized spacial score (nSPS) is 18.4. The minimum Gasteiger partial charge on any atom is -0.495 e. The summed E-state index contributed by atoms with van der Waals surface area (Å²) >= 11 is 6.26. The number of nitrogens with zero attached hydrogens (tertiary/aromatic N) is 1. The number of nitrogens with one attached hydrogen (secondary N) is 1. The fourth-order valence-corrected chi connectivity index (χ4v) is 2.95. The van der Waals surface area contributed by atoms with E-state index >= 15 is 0 Å². The minimum absolute atomic E-state index is 0.531. The summed E-state index contributed by atoms with van der Waals surface area (Å²) in [6.07, 6.45) is 1.19. The predicted octanol–water partition coefficient (Wildman–Crippen LogP) is 3.18. The molecule has 0 spiro atoms. The maximum atomic E-state index is 6.26. The van der Waals surface area contributed by atoms with E-state index in [0.29, 0.717) is 22.7 Å². The molecule has 0 radical (unpaired) electrons. The molecule has 1 heterocycles. The van der Waals surface area contributed by atoms with E-state index in [1.807, 2.05) is 12.1 Å². The maximum absolute atomic E-state index is 6.26. The Labute approximate surface area is 132 Å². The number of hydrogen-bond donors (Lipinski definition) is 1. The van der Waals surface area contributed by atoms with Crippen LogP contribution in [0.5, 0.6) is 11.5 Å². The zero-order valence-corrected chi connectivity index (χ0v) is 14.0. The molecule has 1 atom stereocenters. The summed E-state index contributed by atoms with van der Waals surface area (Å²) in [4.78, 5) is 2.34. The van der Waals surface area contributed by atoms with Crippen LogP contribution in [0.4, 0.5) is 5.69 Å². The first-order valence-electron chi connectivity index (χ1n) is 7.45. The molecule has 21 heavy (non-hydrogen) atoms. The summed E-state index contributed by atoms with van der Waals surface area (Å²) in [5.74, 6) is 2.13. The van der Waals surface area contributed by atoms with Crippen LogP contribution >= 0.6 is 11.6 Å². The molecule has 118 valence electrons. The summed E-state index contributed by atoms with van der Waals surface area (Å²) < 4.78 is 10.7. The topological polar surface area (TPSA) is 33.7 Å². The summed E-state index contributed by atoms with van der Waals surface area (Å²) in [6.45, 7) is 7.47. The van der Waals surface area contributed by atoms with Crippen LogP contribution in [0.1, 0.15) is 20.3 Å². The van der Waals surface area contributed by atoms with Crippen molar-refractivity contribution in [3.63, 3.8) is 0 Å². The fraction of sp³-hybridized carbons (Fsp3) is 0.625. The third-order valence-electron chi connectivity index (χ3n) is 3.89. The number of halogens is 1. The molecule has 4 nitrogen and oxygen atoms in total. The van der Waals surface area contributed by atoms with Gasteiger partial charge in [-0.3, -0.25) is 0 Å². The number of anilines is 1. The van der Waals surface area contributed by atoms with Gasteiger partial charge in [0.15, 0.2) is 0 Å². The molecule has 0 aromatic heterocycles. The van der Waals surface area contributed by atoms with E-state index < -0.39 is 0 Å². The highest BCUT2D eigenvalue weighted by Gasteiger charge is 2.25. The summed E-state index contributed by atoms with van der Waals surface area (Å²) in [5.41, 5.74) is 1.05. The van der Waals surface area contributed by atoms with Crippen molar-refractivity contribution in [1.82, 2.24) is 5.32 Å². The monoisotopic (exact) mass is 312 g/mol. The Morgan fingerprint density at radius 3 is 2.62 bits per heavy atom. The maximum Gasteiger partial charge on any atom is 0.145 e. The Morgan fingerprint density at radius 1 is 1.29 bits per heavy atom. The largest absolute Gasteiger partial charge is 0.495 e. The third-order valence-corrected chi connectivity index (χ3v) is 4.19. The zero-order chi connectivity index (χ0) is 15.4. The molecule has 5 heteroatoms. The molecule has 1 N–H and O–H groups in total.